The van der Waals surface area contributed by atoms with Crippen LogP contribution in [0.15, 0.2) is 12.1 Å². The van der Waals surface area contributed by atoms with Gasteiger partial charge in [-0.1, -0.05) is 5.21 Å². The normalized spacial score (nSPS) is 20.2. The zero-order valence-corrected chi connectivity index (χ0v) is 19.6. The number of aromatic nitrogens is 4. The number of carbonyl (C=O) groups is 2. The molecule has 2 heterocycles. The number of amides is 1. The number of hydrogen-bond acceptors (Lipinski definition) is 8. The molecule has 0 radical (unpaired) electrons. The van der Waals surface area contributed by atoms with Crippen molar-refractivity contribution in [3.63, 3.8) is 0 Å². The van der Waals surface area contributed by atoms with Gasteiger partial charge in [-0.15, -0.1) is 5.10 Å². The highest BCUT2D eigenvalue weighted by molar-refractivity contribution is 5.72. The van der Waals surface area contributed by atoms with E-state index in [0.717, 1.165) is 43.5 Å². The minimum absolute atomic E-state index is 0.0366. The molecule has 0 unspecified atom stereocenters. The average Bonchev–Trinajstić information content (AvgIpc) is 3.60. The van der Waals surface area contributed by atoms with Crippen LogP contribution in [0.1, 0.15) is 55.8 Å². The van der Waals surface area contributed by atoms with Gasteiger partial charge >= 0.3 is 12.1 Å². The van der Waals surface area contributed by atoms with Crippen LogP contribution in [-0.2, 0) is 27.9 Å². The molecule has 2 saturated carbocycles. The van der Waals surface area contributed by atoms with E-state index in [9.17, 15) is 9.59 Å². The maximum absolute atomic E-state index is 12.0. The van der Waals surface area contributed by atoms with Crippen LogP contribution >= 0.6 is 0 Å². The van der Waals surface area contributed by atoms with Crippen LogP contribution in [0, 0.1) is 5.92 Å². The predicted octanol–water partition coefficient (Wildman–Crippen LogP) is 3.06. The minimum atomic E-state index is -0.435. The van der Waals surface area contributed by atoms with Crippen LogP contribution in [-0.4, -0.2) is 64.2 Å². The molecule has 2 aliphatic carbocycles. The highest BCUT2D eigenvalue weighted by Crippen LogP contribution is 2.44. The van der Waals surface area contributed by atoms with Gasteiger partial charge in [-0.25, -0.2) is 14.5 Å². The summed E-state index contributed by atoms with van der Waals surface area (Å²) in [5.41, 5.74) is 2.83. The van der Waals surface area contributed by atoms with E-state index in [-0.39, 0.29) is 24.6 Å². The van der Waals surface area contributed by atoms with E-state index in [1.165, 1.54) is 12.0 Å². The summed E-state index contributed by atoms with van der Waals surface area (Å²) in [4.78, 5) is 30.1. The van der Waals surface area contributed by atoms with Crippen LogP contribution in [0.4, 0.5) is 4.79 Å². The number of rotatable bonds is 7. The molecule has 178 valence electrons. The molecule has 0 spiro atoms. The molecule has 2 atom stereocenters. The smallest absolute Gasteiger partial charge is 0.409 e. The molecule has 1 amide bonds. The van der Waals surface area contributed by atoms with Crippen molar-refractivity contribution in [1.82, 2.24) is 24.9 Å². The van der Waals surface area contributed by atoms with Gasteiger partial charge in [0, 0.05) is 27.1 Å². The summed E-state index contributed by atoms with van der Waals surface area (Å²) in [6.07, 6.45) is 5.00. The maximum Gasteiger partial charge on any atom is 0.409 e. The van der Waals surface area contributed by atoms with Gasteiger partial charge in [0.1, 0.15) is 23.7 Å². The lowest BCUT2D eigenvalue weighted by Crippen LogP contribution is -2.30. The summed E-state index contributed by atoms with van der Waals surface area (Å²) in [6.45, 7) is 0.0472. The van der Waals surface area contributed by atoms with Crippen molar-refractivity contribution < 1.29 is 23.8 Å². The SMILES string of the molecule is COC(=O)[C@H]1CCC[C@H](Oc2ccc(-c3nnn(C)c3COC(=O)N(C)C)nc2C2CC2)C1. The van der Waals surface area contributed by atoms with Crippen molar-refractivity contribution in [2.75, 3.05) is 21.2 Å². The predicted molar refractivity (Wildman–Crippen MR) is 118 cm³/mol. The Labute approximate surface area is 193 Å². The third-order valence-electron chi connectivity index (χ3n) is 6.19. The number of carbonyl (C=O) groups excluding carboxylic acids is 2. The van der Waals surface area contributed by atoms with Crippen LogP contribution < -0.4 is 4.74 Å². The Hall–Kier alpha value is -3.17. The first-order valence-electron chi connectivity index (χ1n) is 11.4. The van der Waals surface area contributed by atoms with Gasteiger partial charge in [0.05, 0.1) is 30.5 Å². The third kappa shape index (κ3) is 5.26. The fourth-order valence-electron chi connectivity index (χ4n) is 4.15. The number of methoxy groups -OCH3 is 1. The quantitative estimate of drug-likeness (QED) is 0.584. The van der Waals surface area contributed by atoms with Gasteiger partial charge in [0.2, 0.25) is 0 Å². The fourth-order valence-corrected chi connectivity index (χ4v) is 4.15. The van der Waals surface area contributed by atoms with Crippen LogP contribution in [0.5, 0.6) is 5.75 Å². The molecule has 0 bridgehead atoms. The van der Waals surface area contributed by atoms with Crippen LogP contribution in [0.2, 0.25) is 0 Å². The van der Waals surface area contributed by atoms with Gasteiger partial charge in [0.25, 0.3) is 0 Å². The molecule has 10 nitrogen and oxygen atoms in total. The molecule has 0 aromatic carbocycles. The van der Waals surface area contributed by atoms with E-state index in [1.54, 1.807) is 25.8 Å². The van der Waals surface area contributed by atoms with Gasteiger partial charge < -0.3 is 19.1 Å². The largest absolute Gasteiger partial charge is 0.488 e. The van der Waals surface area contributed by atoms with E-state index in [2.05, 4.69) is 10.3 Å². The van der Waals surface area contributed by atoms with Crippen molar-refractivity contribution in [1.29, 1.82) is 0 Å². The first kappa shape index (κ1) is 23.0. The van der Waals surface area contributed by atoms with Crippen molar-refractivity contribution in [2.24, 2.45) is 13.0 Å². The summed E-state index contributed by atoms with van der Waals surface area (Å²) in [7, 11) is 6.46. The molecule has 2 aromatic rings. The van der Waals surface area contributed by atoms with Gasteiger partial charge in [-0.3, -0.25) is 4.79 Å². The number of ether oxygens (including phenoxy) is 3. The summed E-state index contributed by atoms with van der Waals surface area (Å²) in [6, 6.07) is 3.80. The van der Waals surface area contributed by atoms with Crippen LogP contribution in [0.3, 0.4) is 0 Å². The number of pyridine rings is 1. The topological polar surface area (TPSA) is 109 Å². The summed E-state index contributed by atoms with van der Waals surface area (Å²) < 4.78 is 18.2. The number of hydrogen-bond donors (Lipinski definition) is 0. The number of nitrogens with zero attached hydrogens (tertiary/aromatic N) is 5. The Bertz CT molecular complexity index is 1020. The van der Waals surface area contributed by atoms with Crippen molar-refractivity contribution in [3.8, 4) is 17.1 Å². The lowest BCUT2D eigenvalue weighted by Gasteiger charge is -2.28. The average molecular weight is 458 g/mol. The monoisotopic (exact) mass is 457 g/mol. The molecule has 4 rings (SSSR count). The second-order valence-corrected chi connectivity index (χ2v) is 8.94. The maximum atomic E-state index is 12.0. The lowest BCUT2D eigenvalue weighted by atomic mass is 9.87. The molecule has 2 aliphatic rings. The summed E-state index contributed by atoms with van der Waals surface area (Å²) >= 11 is 0. The van der Waals surface area contributed by atoms with Crippen LogP contribution in [0.25, 0.3) is 11.4 Å². The van der Waals surface area contributed by atoms with E-state index >= 15 is 0 Å². The van der Waals surface area contributed by atoms with Crippen molar-refractivity contribution in [2.45, 2.75) is 57.2 Å². The Kier molecular flexibility index (Phi) is 6.80. The van der Waals surface area contributed by atoms with Crippen molar-refractivity contribution >= 4 is 12.1 Å². The second kappa shape index (κ2) is 9.76. The first-order chi connectivity index (χ1) is 15.9. The Balaban J connectivity index is 1.54. The Morgan fingerprint density at radius 1 is 1.18 bits per heavy atom. The van der Waals surface area contributed by atoms with Gasteiger partial charge in [0.15, 0.2) is 0 Å². The highest BCUT2D eigenvalue weighted by Gasteiger charge is 2.33. The van der Waals surface area contributed by atoms with E-state index in [0.29, 0.717) is 29.4 Å². The zero-order valence-electron chi connectivity index (χ0n) is 19.6. The molecule has 2 fully saturated rings. The number of aryl methyl sites for hydroxylation is 1. The molecule has 0 N–H and O–H groups in total. The molecule has 10 heteroatoms. The van der Waals surface area contributed by atoms with E-state index < -0.39 is 6.09 Å². The van der Waals surface area contributed by atoms with Gasteiger partial charge in [-0.05, 0) is 50.7 Å². The zero-order chi connectivity index (χ0) is 23.5. The summed E-state index contributed by atoms with van der Waals surface area (Å²) in [5.74, 6) is 0.842. The molecule has 33 heavy (non-hydrogen) atoms. The van der Waals surface area contributed by atoms with Gasteiger partial charge in [-0.2, -0.15) is 0 Å². The third-order valence-corrected chi connectivity index (χ3v) is 6.19. The summed E-state index contributed by atoms with van der Waals surface area (Å²) in [5, 5.41) is 8.37. The Morgan fingerprint density at radius 3 is 2.67 bits per heavy atom. The molecular formula is C23H31N5O5. The first-order valence-corrected chi connectivity index (χ1v) is 11.4. The number of esters is 1. The van der Waals surface area contributed by atoms with Crippen molar-refractivity contribution in [3.05, 3.63) is 23.5 Å². The molecule has 0 aliphatic heterocycles. The Morgan fingerprint density at radius 2 is 1.97 bits per heavy atom. The molecular weight excluding hydrogens is 426 g/mol. The molecule has 0 saturated heterocycles. The standard InChI is InChI=1S/C23H31N5O5/c1-27(2)23(30)32-13-18-21(25-26-28(18)3)17-10-11-19(20(24-17)14-8-9-14)33-16-7-5-6-15(12-16)22(29)31-4/h10-11,14-16H,5-9,12-13H2,1-4H3/t15-,16-/m0/s1. The fraction of sp³-hybridized carbons (Fsp3) is 0.609. The lowest BCUT2D eigenvalue weighted by molar-refractivity contribution is -0.147. The second-order valence-electron chi connectivity index (χ2n) is 8.94. The highest BCUT2D eigenvalue weighted by atomic mass is 16.6. The minimum Gasteiger partial charge on any atom is -0.488 e. The van der Waals surface area contributed by atoms with E-state index in [1.807, 2.05) is 12.1 Å². The molecule has 2 aromatic heterocycles. The van der Waals surface area contributed by atoms with E-state index in [4.69, 9.17) is 19.2 Å².